The standard InChI is InChI=1S/C20H23N3/c1-15-9-10-19(11-16(15)2)12-17(3)20-14-23(22-21-20)13-18-7-5-4-6-8-18/h4-11,14,17H,12-13H2,1-3H3. The maximum Gasteiger partial charge on any atom is 0.0858 e. The lowest BCUT2D eigenvalue weighted by molar-refractivity contribution is 0.647. The number of hydrogen-bond acceptors (Lipinski definition) is 2. The van der Waals surface area contributed by atoms with Gasteiger partial charge in [0.1, 0.15) is 0 Å². The van der Waals surface area contributed by atoms with E-state index in [1.165, 1.54) is 22.3 Å². The SMILES string of the molecule is Cc1ccc(CC(C)c2cn(Cc3ccccc3)nn2)cc1C. The van der Waals surface area contributed by atoms with Crippen LogP contribution in [0.15, 0.2) is 54.7 Å². The van der Waals surface area contributed by atoms with Crippen LogP contribution in [-0.2, 0) is 13.0 Å². The van der Waals surface area contributed by atoms with Crippen LogP contribution in [0.2, 0.25) is 0 Å². The van der Waals surface area contributed by atoms with Gasteiger partial charge in [-0.15, -0.1) is 5.10 Å². The summed E-state index contributed by atoms with van der Waals surface area (Å²) in [5.74, 6) is 0.363. The minimum atomic E-state index is 0.363. The molecule has 0 amide bonds. The fourth-order valence-electron chi connectivity index (χ4n) is 2.78. The Morgan fingerprint density at radius 3 is 2.48 bits per heavy atom. The van der Waals surface area contributed by atoms with E-state index in [0.717, 1.165) is 18.7 Å². The molecule has 0 aliphatic heterocycles. The zero-order valence-electron chi connectivity index (χ0n) is 14.0. The lowest BCUT2D eigenvalue weighted by Gasteiger charge is -2.10. The number of aryl methyl sites for hydroxylation is 2. The van der Waals surface area contributed by atoms with Gasteiger partial charge < -0.3 is 0 Å². The number of benzene rings is 2. The lowest BCUT2D eigenvalue weighted by Crippen LogP contribution is -2.01. The summed E-state index contributed by atoms with van der Waals surface area (Å²) in [7, 11) is 0. The molecule has 0 aliphatic rings. The van der Waals surface area contributed by atoms with Crippen LogP contribution >= 0.6 is 0 Å². The van der Waals surface area contributed by atoms with Gasteiger partial charge in [-0.1, -0.05) is 60.7 Å². The predicted molar refractivity (Wildman–Crippen MR) is 93.6 cm³/mol. The molecule has 118 valence electrons. The third-order valence-electron chi connectivity index (χ3n) is 4.36. The number of rotatable bonds is 5. The Balaban J connectivity index is 1.68. The van der Waals surface area contributed by atoms with Crippen molar-refractivity contribution in [3.63, 3.8) is 0 Å². The van der Waals surface area contributed by atoms with E-state index >= 15 is 0 Å². The maximum absolute atomic E-state index is 4.36. The van der Waals surface area contributed by atoms with Gasteiger partial charge in [-0.2, -0.15) is 0 Å². The van der Waals surface area contributed by atoms with Crippen molar-refractivity contribution in [3.05, 3.63) is 82.7 Å². The molecule has 3 aromatic rings. The Hall–Kier alpha value is -2.42. The number of aromatic nitrogens is 3. The summed E-state index contributed by atoms with van der Waals surface area (Å²) in [6.45, 7) is 7.30. The Bertz CT molecular complexity index is 775. The average molecular weight is 305 g/mol. The fourth-order valence-corrected chi connectivity index (χ4v) is 2.78. The van der Waals surface area contributed by atoms with Crippen LogP contribution in [0.1, 0.15) is 40.8 Å². The zero-order chi connectivity index (χ0) is 16.2. The molecule has 0 saturated carbocycles. The fraction of sp³-hybridized carbons (Fsp3) is 0.300. The summed E-state index contributed by atoms with van der Waals surface area (Å²) >= 11 is 0. The highest BCUT2D eigenvalue weighted by atomic mass is 15.4. The molecule has 3 rings (SSSR count). The summed E-state index contributed by atoms with van der Waals surface area (Å²) in [4.78, 5) is 0. The predicted octanol–water partition coefficient (Wildman–Crippen LogP) is 4.29. The van der Waals surface area contributed by atoms with Gasteiger partial charge in [0.2, 0.25) is 0 Å². The molecule has 1 aromatic heterocycles. The minimum absolute atomic E-state index is 0.363. The molecule has 0 radical (unpaired) electrons. The van der Waals surface area contributed by atoms with Gasteiger partial charge >= 0.3 is 0 Å². The molecule has 1 unspecified atom stereocenters. The monoisotopic (exact) mass is 305 g/mol. The topological polar surface area (TPSA) is 30.7 Å². The van der Waals surface area contributed by atoms with E-state index in [0.29, 0.717) is 5.92 Å². The Morgan fingerprint density at radius 1 is 0.957 bits per heavy atom. The van der Waals surface area contributed by atoms with Gasteiger partial charge in [0.25, 0.3) is 0 Å². The van der Waals surface area contributed by atoms with E-state index in [-0.39, 0.29) is 0 Å². The molecule has 3 heteroatoms. The first-order chi connectivity index (χ1) is 11.1. The van der Waals surface area contributed by atoms with Crippen molar-refractivity contribution in [2.24, 2.45) is 0 Å². The van der Waals surface area contributed by atoms with E-state index in [9.17, 15) is 0 Å². The first-order valence-electron chi connectivity index (χ1n) is 8.12. The van der Waals surface area contributed by atoms with Crippen LogP contribution in [0.3, 0.4) is 0 Å². The number of nitrogens with zero attached hydrogens (tertiary/aromatic N) is 3. The summed E-state index contributed by atoms with van der Waals surface area (Å²) in [5.41, 5.74) is 6.35. The smallest absolute Gasteiger partial charge is 0.0858 e. The number of hydrogen-bond donors (Lipinski definition) is 0. The van der Waals surface area contributed by atoms with Crippen LogP contribution in [0.4, 0.5) is 0 Å². The molecule has 0 N–H and O–H groups in total. The van der Waals surface area contributed by atoms with E-state index in [2.05, 4.69) is 79.7 Å². The molecule has 0 fully saturated rings. The van der Waals surface area contributed by atoms with E-state index < -0.39 is 0 Å². The van der Waals surface area contributed by atoms with Crippen molar-refractivity contribution < 1.29 is 0 Å². The van der Waals surface area contributed by atoms with Crippen molar-refractivity contribution in [1.29, 1.82) is 0 Å². The largest absolute Gasteiger partial charge is 0.248 e. The highest BCUT2D eigenvalue weighted by molar-refractivity contribution is 5.30. The van der Waals surface area contributed by atoms with E-state index in [1.807, 2.05) is 10.7 Å². The molecular formula is C20H23N3. The van der Waals surface area contributed by atoms with Crippen molar-refractivity contribution in [1.82, 2.24) is 15.0 Å². The van der Waals surface area contributed by atoms with Crippen LogP contribution < -0.4 is 0 Å². The molecule has 1 atom stereocenters. The highest BCUT2D eigenvalue weighted by Gasteiger charge is 2.12. The molecule has 0 bridgehead atoms. The quantitative estimate of drug-likeness (QED) is 0.704. The Labute approximate surface area is 138 Å². The third kappa shape index (κ3) is 3.86. The van der Waals surface area contributed by atoms with Gasteiger partial charge in [0.15, 0.2) is 0 Å². The van der Waals surface area contributed by atoms with Gasteiger partial charge in [-0.05, 0) is 42.5 Å². The molecule has 0 aliphatic carbocycles. The van der Waals surface area contributed by atoms with E-state index in [1.54, 1.807) is 0 Å². The second-order valence-electron chi connectivity index (χ2n) is 6.35. The van der Waals surface area contributed by atoms with Crippen molar-refractivity contribution in [3.8, 4) is 0 Å². The molecular weight excluding hydrogens is 282 g/mol. The lowest BCUT2D eigenvalue weighted by atomic mass is 9.96. The first kappa shape index (κ1) is 15.5. The summed E-state index contributed by atoms with van der Waals surface area (Å²) in [6, 6.07) is 17.0. The Kier molecular flexibility index (Phi) is 4.56. The van der Waals surface area contributed by atoms with Crippen LogP contribution in [0.25, 0.3) is 0 Å². The van der Waals surface area contributed by atoms with Crippen molar-refractivity contribution >= 4 is 0 Å². The van der Waals surface area contributed by atoms with Gasteiger partial charge in [-0.25, -0.2) is 4.68 Å². The molecule has 3 nitrogen and oxygen atoms in total. The van der Waals surface area contributed by atoms with Gasteiger partial charge in [0.05, 0.1) is 12.2 Å². The van der Waals surface area contributed by atoms with Crippen molar-refractivity contribution in [2.45, 2.75) is 39.7 Å². The summed E-state index contributed by atoms with van der Waals surface area (Å²) < 4.78 is 1.92. The van der Waals surface area contributed by atoms with Crippen LogP contribution in [-0.4, -0.2) is 15.0 Å². The highest BCUT2D eigenvalue weighted by Crippen LogP contribution is 2.20. The second kappa shape index (κ2) is 6.78. The van der Waals surface area contributed by atoms with Gasteiger partial charge in [0, 0.05) is 12.1 Å². The van der Waals surface area contributed by atoms with Crippen molar-refractivity contribution in [2.75, 3.05) is 0 Å². The third-order valence-corrected chi connectivity index (χ3v) is 4.36. The molecule has 2 aromatic carbocycles. The summed E-state index contributed by atoms with van der Waals surface area (Å²) in [5, 5.41) is 8.63. The molecule has 0 spiro atoms. The van der Waals surface area contributed by atoms with E-state index in [4.69, 9.17) is 0 Å². The molecule has 1 heterocycles. The second-order valence-corrected chi connectivity index (χ2v) is 6.35. The molecule has 0 saturated heterocycles. The van der Waals surface area contributed by atoms with Crippen LogP contribution in [0.5, 0.6) is 0 Å². The first-order valence-corrected chi connectivity index (χ1v) is 8.12. The van der Waals surface area contributed by atoms with Crippen LogP contribution in [0, 0.1) is 13.8 Å². The minimum Gasteiger partial charge on any atom is -0.248 e. The Morgan fingerprint density at radius 2 is 1.74 bits per heavy atom. The average Bonchev–Trinajstić information content (AvgIpc) is 3.00. The summed E-state index contributed by atoms with van der Waals surface area (Å²) in [6.07, 6.45) is 3.06. The normalized spacial score (nSPS) is 12.3. The maximum atomic E-state index is 4.36. The van der Waals surface area contributed by atoms with Gasteiger partial charge in [-0.3, -0.25) is 0 Å². The zero-order valence-corrected chi connectivity index (χ0v) is 14.0. The molecule has 23 heavy (non-hydrogen) atoms.